The van der Waals surface area contributed by atoms with E-state index in [9.17, 15) is 13.9 Å². The van der Waals surface area contributed by atoms with E-state index in [2.05, 4.69) is 0 Å². The summed E-state index contributed by atoms with van der Waals surface area (Å²) in [5, 5.41) is 10.0. The van der Waals surface area contributed by atoms with Crippen LogP contribution in [0.15, 0.2) is 42.5 Å². The summed E-state index contributed by atoms with van der Waals surface area (Å²) >= 11 is 0. The van der Waals surface area contributed by atoms with Crippen LogP contribution in [0.3, 0.4) is 0 Å². The van der Waals surface area contributed by atoms with Crippen LogP contribution >= 0.6 is 0 Å². The Morgan fingerprint density at radius 1 is 1.05 bits per heavy atom. The van der Waals surface area contributed by atoms with Gasteiger partial charge in [0, 0.05) is 11.6 Å². The Bertz CT molecular complexity index is 567. The van der Waals surface area contributed by atoms with E-state index in [-0.39, 0.29) is 5.56 Å². The Morgan fingerprint density at radius 2 is 1.75 bits per heavy atom. The van der Waals surface area contributed by atoms with Crippen LogP contribution in [0.5, 0.6) is 0 Å². The Kier molecular flexibility index (Phi) is 4.85. The fourth-order valence-electron chi connectivity index (χ4n) is 2.23. The van der Waals surface area contributed by atoms with Crippen molar-refractivity contribution in [3.63, 3.8) is 0 Å². The molecular weight excluding hydrogens is 258 g/mol. The second-order valence-electron chi connectivity index (χ2n) is 5.02. The second-order valence-corrected chi connectivity index (χ2v) is 5.02. The van der Waals surface area contributed by atoms with Crippen LogP contribution in [-0.2, 0) is 6.42 Å². The van der Waals surface area contributed by atoms with E-state index in [1.165, 1.54) is 11.6 Å². The zero-order valence-corrected chi connectivity index (χ0v) is 11.4. The maximum Gasteiger partial charge on any atom is 0.131 e. The van der Waals surface area contributed by atoms with E-state index >= 15 is 0 Å². The van der Waals surface area contributed by atoms with E-state index in [1.54, 1.807) is 6.92 Å². The van der Waals surface area contributed by atoms with Crippen LogP contribution in [-0.4, -0.2) is 5.11 Å². The summed E-state index contributed by atoms with van der Waals surface area (Å²) in [6.07, 6.45) is 1.15. The highest BCUT2D eigenvalue weighted by molar-refractivity contribution is 5.27. The van der Waals surface area contributed by atoms with Crippen molar-refractivity contribution >= 4 is 0 Å². The molecule has 0 fully saturated rings. The van der Waals surface area contributed by atoms with Gasteiger partial charge in [0.05, 0.1) is 6.10 Å². The van der Waals surface area contributed by atoms with Crippen molar-refractivity contribution in [1.29, 1.82) is 0 Å². The van der Waals surface area contributed by atoms with Gasteiger partial charge >= 0.3 is 0 Å². The fourth-order valence-corrected chi connectivity index (χ4v) is 2.23. The zero-order valence-electron chi connectivity index (χ0n) is 11.4. The topological polar surface area (TPSA) is 20.2 Å². The fraction of sp³-hybridized carbons (Fsp3) is 0.294. The third-order valence-electron chi connectivity index (χ3n) is 3.42. The van der Waals surface area contributed by atoms with Crippen LogP contribution in [0.2, 0.25) is 0 Å². The minimum Gasteiger partial charge on any atom is -0.388 e. The van der Waals surface area contributed by atoms with Crippen LogP contribution in [0, 0.1) is 18.6 Å². The van der Waals surface area contributed by atoms with Gasteiger partial charge in [-0.25, -0.2) is 8.78 Å². The molecule has 0 aliphatic heterocycles. The summed E-state index contributed by atoms with van der Waals surface area (Å²) in [6, 6.07) is 12.2. The molecule has 0 heterocycles. The number of rotatable bonds is 5. The average Bonchev–Trinajstić information content (AvgIpc) is 2.44. The molecule has 1 nitrogen and oxygen atoms in total. The van der Waals surface area contributed by atoms with Gasteiger partial charge in [-0.05, 0) is 43.4 Å². The molecule has 20 heavy (non-hydrogen) atoms. The smallest absolute Gasteiger partial charge is 0.131 e. The van der Waals surface area contributed by atoms with Crippen molar-refractivity contribution in [1.82, 2.24) is 0 Å². The number of aliphatic hydroxyl groups is 1. The lowest BCUT2D eigenvalue weighted by Crippen LogP contribution is -2.03. The molecule has 3 heteroatoms. The lowest BCUT2D eigenvalue weighted by molar-refractivity contribution is 0.160. The monoisotopic (exact) mass is 276 g/mol. The van der Waals surface area contributed by atoms with Crippen molar-refractivity contribution in [2.24, 2.45) is 0 Å². The summed E-state index contributed by atoms with van der Waals surface area (Å²) in [5.41, 5.74) is 1.72. The minimum atomic E-state index is -0.891. The highest BCUT2D eigenvalue weighted by atomic mass is 19.1. The normalized spacial score (nSPS) is 12.4. The Balaban J connectivity index is 1.95. The number of benzene rings is 2. The SMILES string of the molecule is Cc1cc(C(O)CCCc2ccccc2)c(F)cc1F. The van der Waals surface area contributed by atoms with Gasteiger partial charge in [0.1, 0.15) is 11.6 Å². The molecule has 0 saturated heterocycles. The number of aliphatic hydroxyl groups excluding tert-OH is 1. The van der Waals surface area contributed by atoms with Gasteiger partial charge in [-0.15, -0.1) is 0 Å². The molecule has 2 aromatic rings. The molecule has 0 aliphatic rings. The molecule has 2 rings (SSSR count). The predicted octanol–water partition coefficient (Wildman–Crippen LogP) is 4.33. The summed E-state index contributed by atoms with van der Waals surface area (Å²) in [6.45, 7) is 1.56. The number of aryl methyl sites for hydroxylation is 2. The van der Waals surface area contributed by atoms with Crippen LogP contribution in [0.4, 0.5) is 8.78 Å². The number of halogens is 2. The third kappa shape index (κ3) is 3.64. The largest absolute Gasteiger partial charge is 0.388 e. The molecule has 106 valence electrons. The molecule has 0 spiro atoms. The van der Waals surface area contributed by atoms with E-state index in [0.717, 1.165) is 18.9 Å². The van der Waals surface area contributed by atoms with E-state index < -0.39 is 17.7 Å². The van der Waals surface area contributed by atoms with Gasteiger partial charge in [-0.3, -0.25) is 0 Å². The first-order valence-corrected chi connectivity index (χ1v) is 6.75. The van der Waals surface area contributed by atoms with Gasteiger partial charge < -0.3 is 5.11 Å². The molecule has 0 aromatic heterocycles. The van der Waals surface area contributed by atoms with Gasteiger partial charge in [-0.1, -0.05) is 30.3 Å². The second kappa shape index (κ2) is 6.62. The maximum atomic E-state index is 13.6. The van der Waals surface area contributed by atoms with Crippen molar-refractivity contribution in [2.75, 3.05) is 0 Å². The van der Waals surface area contributed by atoms with E-state index in [0.29, 0.717) is 12.0 Å². The first kappa shape index (κ1) is 14.7. The Morgan fingerprint density at radius 3 is 2.45 bits per heavy atom. The highest BCUT2D eigenvalue weighted by Crippen LogP contribution is 2.24. The quantitative estimate of drug-likeness (QED) is 0.861. The molecule has 1 unspecified atom stereocenters. The number of hydrogen-bond acceptors (Lipinski definition) is 1. The molecule has 1 N–H and O–H groups in total. The molecule has 2 aromatic carbocycles. The van der Waals surface area contributed by atoms with Gasteiger partial charge in [0.2, 0.25) is 0 Å². The van der Waals surface area contributed by atoms with E-state index in [1.807, 2.05) is 30.3 Å². The molecule has 0 aliphatic carbocycles. The maximum absolute atomic E-state index is 13.6. The molecule has 0 amide bonds. The van der Waals surface area contributed by atoms with Crippen molar-refractivity contribution in [3.05, 3.63) is 70.8 Å². The molecule has 0 radical (unpaired) electrons. The predicted molar refractivity (Wildman–Crippen MR) is 75.4 cm³/mol. The summed E-state index contributed by atoms with van der Waals surface area (Å²) in [5.74, 6) is -1.26. The summed E-state index contributed by atoms with van der Waals surface area (Å²) in [7, 11) is 0. The van der Waals surface area contributed by atoms with Crippen molar-refractivity contribution in [2.45, 2.75) is 32.3 Å². The minimum absolute atomic E-state index is 0.178. The molecular formula is C17H18F2O. The summed E-state index contributed by atoms with van der Waals surface area (Å²) < 4.78 is 26.8. The van der Waals surface area contributed by atoms with Gasteiger partial charge in [0.25, 0.3) is 0 Å². The third-order valence-corrected chi connectivity index (χ3v) is 3.42. The van der Waals surface area contributed by atoms with Crippen molar-refractivity contribution < 1.29 is 13.9 Å². The van der Waals surface area contributed by atoms with Crippen LogP contribution in [0.25, 0.3) is 0 Å². The standard InChI is InChI=1S/C17H18F2O/c1-12-10-14(16(19)11-15(12)18)17(20)9-5-8-13-6-3-2-4-7-13/h2-4,6-7,10-11,17,20H,5,8-9H2,1H3. The van der Waals surface area contributed by atoms with Crippen molar-refractivity contribution in [3.8, 4) is 0 Å². The van der Waals surface area contributed by atoms with Gasteiger partial charge in [0.15, 0.2) is 0 Å². The van der Waals surface area contributed by atoms with Gasteiger partial charge in [-0.2, -0.15) is 0 Å². The Labute approximate surface area is 117 Å². The van der Waals surface area contributed by atoms with Crippen LogP contribution < -0.4 is 0 Å². The lowest BCUT2D eigenvalue weighted by atomic mass is 9.99. The highest BCUT2D eigenvalue weighted by Gasteiger charge is 2.15. The van der Waals surface area contributed by atoms with E-state index in [4.69, 9.17) is 0 Å². The zero-order chi connectivity index (χ0) is 14.5. The average molecular weight is 276 g/mol. The first-order valence-electron chi connectivity index (χ1n) is 6.75. The number of hydrogen-bond donors (Lipinski definition) is 1. The molecule has 0 bridgehead atoms. The van der Waals surface area contributed by atoms with Crippen LogP contribution in [0.1, 0.15) is 35.6 Å². The molecule has 1 atom stereocenters. The summed E-state index contributed by atoms with van der Waals surface area (Å²) in [4.78, 5) is 0. The Hall–Kier alpha value is -1.74. The molecule has 0 saturated carbocycles. The first-order chi connectivity index (χ1) is 9.58. The lowest BCUT2D eigenvalue weighted by Gasteiger charge is -2.13.